The van der Waals surface area contributed by atoms with Crippen LogP contribution in [0.4, 0.5) is 10.8 Å². The minimum atomic E-state index is -0.305. The SMILES string of the molecule is CCC(Sc1cccc(NC(=O)c2cccc(C)c2)c1)C(=O)Nc1nc(-c2ccc(Cl)cc2)cs1. The van der Waals surface area contributed by atoms with Gasteiger partial charge in [0, 0.05) is 32.1 Å². The highest BCUT2D eigenvalue weighted by molar-refractivity contribution is 8.00. The van der Waals surface area contributed by atoms with Crippen molar-refractivity contribution in [3.05, 3.63) is 94.3 Å². The third kappa shape index (κ3) is 6.72. The molecule has 0 fully saturated rings. The minimum absolute atomic E-state index is 0.108. The van der Waals surface area contributed by atoms with Crippen LogP contribution in [-0.2, 0) is 4.79 Å². The van der Waals surface area contributed by atoms with Crippen molar-refractivity contribution in [2.75, 3.05) is 10.6 Å². The molecule has 178 valence electrons. The van der Waals surface area contributed by atoms with Crippen molar-refractivity contribution in [2.24, 2.45) is 0 Å². The fourth-order valence-electron chi connectivity index (χ4n) is 3.39. The summed E-state index contributed by atoms with van der Waals surface area (Å²) in [6.07, 6.45) is 0.645. The van der Waals surface area contributed by atoms with E-state index in [1.807, 2.05) is 86.0 Å². The van der Waals surface area contributed by atoms with Gasteiger partial charge in [0.2, 0.25) is 5.91 Å². The van der Waals surface area contributed by atoms with Gasteiger partial charge in [0.15, 0.2) is 5.13 Å². The molecule has 2 N–H and O–H groups in total. The van der Waals surface area contributed by atoms with Crippen molar-refractivity contribution in [3.63, 3.8) is 0 Å². The predicted molar refractivity (Wildman–Crippen MR) is 147 cm³/mol. The highest BCUT2D eigenvalue weighted by atomic mass is 35.5. The van der Waals surface area contributed by atoms with Crippen LogP contribution >= 0.6 is 34.7 Å². The first-order valence-corrected chi connectivity index (χ1v) is 13.2. The molecule has 1 atom stereocenters. The third-order valence-electron chi connectivity index (χ3n) is 5.19. The maximum absolute atomic E-state index is 13.0. The van der Waals surface area contributed by atoms with E-state index in [1.165, 1.54) is 23.1 Å². The Bertz CT molecular complexity index is 1340. The van der Waals surface area contributed by atoms with E-state index in [0.29, 0.717) is 27.8 Å². The Morgan fingerprint density at radius 2 is 1.80 bits per heavy atom. The van der Waals surface area contributed by atoms with Gasteiger partial charge < -0.3 is 10.6 Å². The molecule has 1 unspecified atom stereocenters. The Balaban J connectivity index is 1.39. The zero-order valence-corrected chi connectivity index (χ0v) is 21.6. The van der Waals surface area contributed by atoms with E-state index in [1.54, 1.807) is 6.07 Å². The van der Waals surface area contributed by atoms with Crippen molar-refractivity contribution >= 4 is 57.3 Å². The van der Waals surface area contributed by atoms with E-state index in [4.69, 9.17) is 11.6 Å². The Morgan fingerprint density at radius 3 is 2.54 bits per heavy atom. The lowest BCUT2D eigenvalue weighted by Crippen LogP contribution is -2.24. The van der Waals surface area contributed by atoms with Crippen LogP contribution in [0.2, 0.25) is 5.02 Å². The maximum atomic E-state index is 13.0. The Labute approximate surface area is 218 Å². The molecule has 1 heterocycles. The summed E-state index contributed by atoms with van der Waals surface area (Å²) in [4.78, 5) is 31.0. The number of hydrogen-bond acceptors (Lipinski definition) is 5. The van der Waals surface area contributed by atoms with Crippen molar-refractivity contribution in [1.29, 1.82) is 0 Å². The first-order valence-electron chi connectivity index (χ1n) is 11.1. The molecule has 8 heteroatoms. The summed E-state index contributed by atoms with van der Waals surface area (Å²) in [5.74, 6) is -0.274. The van der Waals surface area contributed by atoms with Crippen LogP contribution in [0.25, 0.3) is 11.3 Å². The number of thiazole rings is 1. The van der Waals surface area contributed by atoms with Crippen LogP contribution in [0.15, 0.2) is 83.1 Å². The van der Waals surface area contributed by atoms with E-state index in [9.17, 15) is 9.59 Å². The van der Waals surface area contributed by atoms with E-state index >= 15 is 0 Å². The third-order valence-corrected chi connectivity index (χ3v) is 7.56. The Kier molecular flexibility index (Phi) is 8.23. The lowest BCUT2D eigenvalue weighted by molar-refractivity contribution is -0.115. The van der Waals surface area contributed by atoms with Gasteiger partial charge in [-0.15, -0.1) is 23.1 Å². The normalized spacial score (nSPS) is 11.6. The molecule has 0 spiro atoms. The molecule has 0 bridgehead atoms. The molecule has 0 aliphatic heterocycles. The molecule has 3 aromatic carbocycles. The average Bonchev–Trinajstić information content (AvgIpc) is 3.31. The van der Waals surface area contributed by atoms with Gasteiger partial charge >= 0.3 is 0 Å². The topological polar surface area (TPSA) is 71.1 Å². The van der Waals surface area contributed by atoms with E-state index in [0.717, 1.165) is 21.7 Å². The molecule has 35 heavy (non-hydrogen) atoms. The number of halogens is 1. The van der Waals surface area contributed by atoms with Gasteiger partial charge in [-0.2, -0.15) is 0 Å². The minimum Gasteiger partial charge on any atom is -0.322 e. The average molecular weight is 522 g/mol. The van der Waals surface area contributed by atoms with Crippen LogP contribution in [-0.4, -0.2) is 22.0 Å². The molecule has 4 aromatic rings. The Morgan fingerprint density at radius 1 is 1.03 bits per heavy atom. The number of carbonyl (C=O) groups excluding carboxylic acids is 2. The number of thioether (sulfide) groups is 1. The highest BCUT2D eigenvalue weighted by Gasteiger charge is 2.20. The second kappa shape index (κ2) is 11.5. The summed E-state index contributed by atoms with van der Waals surface area (Å²) < 4.78 is 0. The van der Waals surface area contributed by atoms with Crippen LogP contribution in [0.3, 0.4) is 0 Å². The number of anilines is 2. The molecule has 4 rings (SSSR count). The maximum Gasteiger partial charge on any atom is 0.255 e. The highest BCUT2D eigenvalue weighted by Crippen LogP contribution is 2.30. The van der Waals surface area contributed by atoms with Gasteiger partial charge in [-0.25, -0.2) is 4.98 Å². The van der Waals surface area contributed by atoms with E-state index in [-0.39, 0.29) is 17.1 Å². The smallest absolute Gasteiger partial charge is 0.255 e. The number of amides is 2. The number of rotatable bonds is 8. The van der Waals surface area contributed by atoms with Crippen molar-refractivity contribution in [2.45, 2.75) is 30.4 Å². The van der Waals surface area contributed by atoms with E-state index < -0.39 is 0 Å². The Hall–Kier alpha value is -3.13. The molecule has 0 aliphatic carbocycles. The van der Waals surface area contributed by atoms with Gasteiger partial charge in [-0.05, 0) is 55.8 Å². The number of benzene rings is 3. The molecular weight excluding hydrogens is 498 g/mol. The van der Waals surface area contributed by atoms with Crippen LogP contribution in [0.1, 0.15) is 29.3 Å². The summed E-state index contributed by atoms with van der Waals surface area (Å²) in [5.41, 5.74) is 4.05. The lowest BCUT2D eigenvalue weighted by atomic mass is 10.1. The van der Waals surface area contributed by atoms with Gasteiger partial charge in [-0.1, -0.05) is 54.4 Å². The van der Waals surface area contributed by atoms with Gasteiger partial charge in [0.25, 0.3) is 5.91 Å². The second-order valence-corrected chi connectivity index (χ2v) is 10.5. The first-order chi connectivity index (χ1) is 16.9. The molecule has 0 aliphatic rings. The van der Waals surface area contributed by atoms with Crippen LogP contribution in [0, 0.1) is 6.92 Å². The van der Waals surface area contributed by atoms with Crippen molar-refractivity contribution in [3.8, 4) is 11.3 Å². The van der Waals surface area contributed by atoms with Crippen LogP contribution < -0.4 is 10.6 Å². The van der Waals surface area contributed by atoms with E-state index in [2.05, 4.69) is 15.6 Å². The molecule has 0 saturated heterocycles. The van der Waals surface area contributed by atoms with Gasteiger partial charge in [0.1, 0.15) is 0 Å². The standard InChI is InChI=1S/C27H24ClN3O2S2/c1-3-24(26(33)31-27-30-23(16-34-27)18-10-12-20(28)13-11-18)35-22-9-5-8-21(15-22)29-25(32)19-7-4-6-17(2)14-19/h4-16,24H,3H2,1-2H3,(H,29,32)(H,30,31,33). The number of hydrogen-bond donors (Lipinski definition) is 2. The van der Waals surface area contributed by atoms with Gasteiger partial charge in [0.05, 0.1) is 10.9 Å². The molecule has 1 aromatic heterocycles. The number of carbonyl (C=O) groups is 2. The van der Waals surface area contributed by atoms with Gasteiger partial charge in [-0.3, -0.25) is 9.59 Å². The fraction of sp³-hybridized carbons (Fsp3) is 0.148. The molecule has 0 saturated carbocycles. The number of aryl methyl sites for hydroxylation is 1. The summed E-state index contributed by atoms with van der Waals surface area (Å²) in [6.45, 7) is 3.93. The number of nitrogens with one attached hydrogen (secondary N) is 2. The number of nitrogens with zero attached hydrogens (tertiary/aromatic N) is 1. The van der Waals surface area contributed by atoms with Crippen molar-refractivity contribution < 1.29 is 9.59 Å². The molecular formula is C27H24ClN3O2S2. The quantitative estimate of drug-likeness (QED) is 0.235. The molecule has 5 nitrogen and oxygen atoms in total. The summed E-state index contributed by atoms with van der Waals surface area (Å²) >= 11 is 8.81. The molecule has 0 radical (unpaired) electrons. The largest absolute Gasteiger partial charge is 0.322 e. The first kappa shape index (κ1) is 25.0. The second-order valence-electron chi connectivity index (χ2n) is 7.90. The fourth-order valence-corrected chi connectivity index (χ4v) is 5.26. The summed E-state index contributed by atoms with van der Waals surface area (Å²) in [7, 11) is 0. The molecule has 2 amide bonds. The number of aromatic nitrogens is 1. The lowest BCUT2D eigenvalue weighted by Gasteiger charge is -2.14. The zero-order valence-electron chi connectivity index (χ0n) is 19.2. The monoisotopic (exact) mass is 521 g/mol. The zero-order chi connectivity index (χ0) is 24.8. The van der Waals surface area contributed by atoms with Crippen LogP contribution in [0.5, 0.6) is 0 Å². The van der Waals surface area contributed by atoms with Crippen molar-refractivity contribution in [1.82, 2.24) is 4.98 Å². The summed E-state index contributed by atoms with van der Waals surface area (Å²) in [5, 5.41) is 8.70. The predicted octanol–water partition coefficient (Wildman–Crippen LogP) is 7.53. The summed E-state index contributed by atoms with van der Waals surface area (Å²) in [6, 6.07) is 22.4.